The number of aromatic nitrogens is 2. The molecule has 7 heteroatoms. The molecule has 2 N–H and O–H groups in total. The third kappa shape index (κ3) is 3.24. The number of para-hydroxylation sites is 1. The Kier molecular flexibility index (Phi) is 4.28. The maximum Gasteiger partial charge on any atom is 0.228 e. The van der Waals surface area contributed by atoms with E-state index in [2.05, 4.69) is 15.2 Å². The number of carbonyl (C=O) groups excluding carboxylic acids is 3. The third-order valence-corrected chi connectivity index (χ3v) is 4.88. The molecule has 0 radical (unpaired) electrons. The number of aryl methyl sites for hydroxylation is 2. The average molecular weight is 352 g/mol. The van der Waals surface area contributed by atoms with Gasteiger partial charge in [-0.2, -0.15) is 0 Å². The van der Waals surface area contributed by atoms with E-state index in [0.29, 0.717) is 5.69 Å². The molecule has 0 atom stereocenters. The lowest BCUT2D eigenvalue weighted by Gasteiger charge is -2.20. The van der Waals surface area contributed by atoms with E-state index in [0.717, 1.165) is 42.9 Å². The zero-order valence-corrected chi connectivity index (χ0v) is 14.3. The minimum absolute atomic E-state index is 0.0263. The van der Waals surface area contributed by atoms with Gasteiger partial charge in [0.05, 0.1) is 17.3 Å². The summed E-state index contributed by atoms with van der Waals surface area (Å²) in [4.78, 5) is 40.3. The summed E-state index contributed by atoms with van der Waals surface area (Å²) >= 11 is 0. The van der Waals surface area contributed by atoms with Crippen molar-refractivity contribution in [2.24, 2.45) is 5.92 Å². The van der Waals surface area contributed by atoms with Gasteiger partial charge >= 0.3 is 0 Å². The van der Waals surface area contributed by atoms with E-state index in [9.17, 15) is 14.4 Å². The second-order valence-electron chi connectivity index (χ2n) is 6.80. The van der Waals surface area contributed by atoms with Crippen LogP contribution in [0.15, 0.2) is 30.5 Å². The highest BCUT2D eigenvalue weighted by Gasteiger charge is 2.30. The van der Waals surface area contributed by atoms with E-state index >= 15 is 0 Å². The van der Waals surface area contributed by atoms with Gasteiger partial charge in [0.25, 0.3) is 0 Å². The first-order chi connectivity index (χ1) is 12.6. The second kappa shape index (κ2) is 6.74. The molecular weight excluding hydrogens is 332 g/mol. The van der Waals surface area contributed by atoms with Crippen LogP contribution in [-0.4, -0.2) is 27.3 Å². The number of carbonyl (C=O) groups is 3. The van der Waals surface area contributed by atoms with Gasteiger partial charge in [-0.1, -0.05) is 18.2 Å². The van der Waals surface area contributed by atoms with Crippen molar-refractivity contribution >= 4 is 23.4 Å². The van der Waals surface area contributed by atoms with Crippen LogP contribution in [-0.2, 0) is 27.3 Å². The van der Waals surface area contributed by atoms with E-state index in [4.69, 9.17) is 4.98 Å². The first kappa shape index (κ1) is 16.5. The van der Waals surface area contributed by atoms with Crippen molar-refractivity contribution in [2.75, 3.05) is 5.32 Å². The minimum Gasteiger partial charge on any atom is -0.334 e. The van der Waals surface area contributed by atoms with Crippen molar-refractivity contribution in [3.63, 3.8) is 0 Å². The van der Waals surface area contributed by atoms with Gasteiger partial charge in [-0.15, -0.1) is 0 Å². The lowest BCUT2D eigenvalue weighted by atomic mass is 9.95. The Morgan fingerprint density at radius 1 is 1.15 bits per heavy atom. The fraction of sp³-hybridized carbons (Fsp3) is 0.368. The molecular formula is C19H20N4O3. The number of nitrogens with zero attached hydrogens (tertiary/aromatic N) is 2. The topological polar surface area (TPSA) is 93.1 Å². The molecule has 134 valence electrons. The Hall–Kier alpha value is -2.96. The van der Waals surface area contributed by atoms with Crippen molar-refractivity contribution in [1.82, 2.24) is 14.9 Å². The van der Waals surface area contributed by atoms with Crippen molar-refractivity contribution in [1.29, 1.82) is 0 Å². The van der Waals surface area contributed by atoms with Crippen molar-refractivity contribution < 1.29 is 14.4 Å². The molecule has 3 heterocycles. The largest absolute Gasteiger partial charge is 0.334 e. The van der Waals surface area contributed by atoms with Crippen LogP contribution in [0.1, 0.15) is 31.5 Å². The van der Waals surface area contributed by atoms with Crippen LogP contribution >= 0.6 is 0 Å². The number of benzene rings is 1. The summed E-state index contributed by atoms with van der Waals surface area (Å²) in [6.45, 7) is 0.968. The van der Waals surface area contributed by atoms with E-state index < -0.39 is 17.7 Å². The molecule has 1 saturated heterocycles. The van der Waals surface area contributed by atoms with Crippen LogP contribution in [0, 0.1) is 5.92 Å². The molecule has 3 amide bonds. The predicted octanol–water partition coefficient (Wildman–Crippen LogP) is 1.88. The van der Waals surface area contributed by atoms with Gasteiger partial charge in [0.2, 0.25) is 17.7 Å². The van der Waals surface area contributed by atoms with Gasteiger partial charge in [-0.3, -0.25) is 19.7 Å². The van der Waals surface area contributed by atoms with Crippen LogP contribution in [0.3, 0.4) is 0 Å². The second-order valence-corrected chi connectivity index (χ2v) is 6.80. The van der Waals surface area contributed by atoms with E-state index in [1.807, 2.05) is 30.5 Å². The number of nitrogens with one attached hydrogen (secondary N) is 2. The lowest BCUT2D eigenvalue weighted by Crippen LogP contribution is -2.42. The highest BCUT2D eigenvalue weighted by Crippen LogP contribution is 2.29. The summed E-state index contributed by atoms with van der Waals surface area (Å²) in [6.07, 6.45) is 5.34. The van der Waals surface area contributed by atoms with Gasteiger partial charge < -0.3 is 9.88 Å². The molecule has 1 aromatic heterocycles. The smallest absolute Gasteiger partial charge is 0.228 e. The fourth-order valence-corrected chi connectivity index (χ4v) is 3.56. The number of anilines is 1. The number of imide groups is 1. The van der Waals surface area contributed by atoms with Crippen LogP contribution in [0.4, 0.5) is 5.69 Å². The van der Waals surface area contributed by atoms with Crippen molar-refractivity contribution in [2.45, 2.75) is 38.6 Å². The molecule has 7 nitrogen and oxygen atoms in total. The third-order valence-electron chi connectivity index (χ3n) is 4.88. The standard InChI is InChI=1S/C19H20N4O3/c24-17-9-12(10-18(25)22-17)19(26)21-14-6-2-1-5-13(14)15-11-23-8-4-3-7-16(23)20-15/h1-2,5-6,11-12H,3-4,7-10H2,(H,21,26)(H,22,24,25). The Morgan fingerprint density at radius 3 is 2.69 bits per heavy atom. The molecule has 1 aromatic carbocycles. The zero-order chi connectivity index (χ0) is 18.1. The molecule has 2 aliphatic rings. The molecule has 0 aliphatic carbocycles. The predicted molar refractivity (Wildman–Crippen MR) is 95.1 cm³/mol. The quantitative estimate of drug-likeness (QED) is 0.825. The van der Waals surface area contributed by atoms with Crippen LogP contribution in [0.25, 0.3) is 11.3 Å². The molecule has 2 aliphatic heterocycles. The monoisotopic (exact) mass is 352 g/mol. The summed E-state index contributed by atoms with van der Waals surface area (Å²) in [5.74, 6) is -0.695. The summed E-state index contributed by atoms with van der Waals surface area (Å²) in [6, 6.07) is 7.48. The Morgan fingerprint density at radius 2 is 1.92 bits per heavy atom. The molecule has 0 unspecified atom stereocenters. The lowest BCUT2D eigenvalue weighted by molar-refractivity contribution is -0.138. The van der Waals surface area contributed by atoms with Crippen molar-refractivity contribution in [3.05, 3.63) is 36.3 Å². The van der Waals surface area contributed by atoms with E-state index in [1.54, 1.807) is 0 Å². The summed E-state index contributed by atoms with van der Waals surface area (Å²) in [5.41, 5.74) is 2.32. The molecule has 26 heavy (non-hydrogen) atoms. The number of amides is 3. The molecule has 2 aromatic rings. The molecule has 4 rings (SSSR count). The number of fused-ring (bicyclic) bond motifs is 1. The normalized spacial score (nSPS) is 17.5. The number of rotatable bonds is 3. The molecule has 0 spiro atoms. The summed E-state index contributed by atoms with van der Waals surface area (Å²) in [7, 11) is 0. The van der Waals surface area contributed by atoms with Gasteiger partial charge in [-0.05, 0) is 18.9 Å². The maximum absolute atomic E-state index is 12.6. The minimum atomic E-state index is -0.639. The van der Waals surface area contributed by atoms with Crippen molar-refractivity contribution in [3.8, 4) is 11.3 Å². The van der Waals surface area contributed by atoms with Crippen LogP contribution in [0.5, 0.6) is 0 Å². The van der Waals surface area contributed by atoms with E-state index in [1.165, 1.54) is 0 Å². The number of piperidine rings is 1. The molecule has 1 fully saturated rings. The highest BCUT2D eigenvalue weighted by atomic mass is 16.2. The summed E-state index contributed by atoms with van der Waals surface area (Å²) < 4.78 is 2.17. The molecule has 0 bridgehead atoms. The Bertz CT molecular complexity index is 847. The molecule has 0 saturated carbocycles. The SMILES string of the molecule is O=C1CC(C(=O)Nc2ccccc2-c2cn3c(n2)CCCC3)CC(=O)N1. The summed E-state index contributed by atoms with van der Waals surface area (Å²) in [5, 5.41) is 5.10. The van der Waals surface area contributed by atoms with Crippen LogP contribution in [0.2, 0.25) is 0 Å². The Labute approximate surface area is 150 Å². The first-order valence-corrected chi connectivity index (χ1v) is 8.89. The number of hydrogen-bond donors (Lipinski definition) is 2. The van der Waals surface area contributed by atoms with Gasteiger partial charge in [0, 0.05) is 37.6 Å². The number of imidazole rings is 1. The first-order valence-electron chi connectivity index (χ1n) is 8.89. The van der Waals surface area contributed by atoms with Gasteiger partial charge in [0.1, 0.15) is 5.82 Å². The van der Waals surface area contributed by atoms with Gasteiger partial charge in [-0.25, -0.2) is 4.98 Å². The van der Waals surface area contributed by atoms with E-state index in [-0.39, 0.29) is 18.7 Å². The maximum atomic E-state index is 12.6. The van der Waals surface area contributed by atoms with Gasteiger partial charge in [0.15, 0.2) is 0 Å². The number of hydrogen-bond acceptors (Lipinski definition) is 4. The fourth-order valence-electron chi connectivity index (χ4n) is 3.56. The zero-order valence-electron chi connectivity index (χ0n) is 14.3. The van der Waals surface area contributed by atoms with Crippen LogP contribution < -0.4 is 10.6 Å². The highest BCUT2D eigenvalue weighted by molar-refractivity contribution is 6.05. The average Bonchev–Trinajstić information content (AvgIpc) is 3.05. The Balaban J connectivity index is 1.58.